The van der Waals surface area contributed by atoms with E-state index in [1.54, 1.807) is 0 Å². The molecule has 5 nitrogen and oxygen atoms in total. The molecule has 26 heavy (non-hydrogen) atoms. The van der Waals surface area contributed by atoms with Crippen LogP contribution in [0.5, 0.6) is 0 Å². The summed E-state index contributed by atoms with van der Waals surface area (Å²) in [6, 6.07) is 18.0. The molecule has 1 aliphatic rings. The van der Waals surface area contributed by atoms with Gasteiger partial charge >= 0.3 is 0 Å². The minimum Gasteiger partial charge on any atom is -0.370 e. The first-order chi connectivity index (χ1) is 12.6. The number of hydrogen-bond donors (Lipinski definition) is 1. The fourth-order valence-corrected chi connectivity index (χ4v) is 3.04. The quantitative estimate of drug-likeness (QED) is 0.830. The van der Waals surface area contributed by atoms with Gasteiger partial charge in [0.2, 0.25) is 0 Å². The van der Waals surface area contributed by atoms with E-state index in [0.717, 1.165) is 12.2 Å². The second kappa shape index (κ2) is 8.34. The van der Waals surface area contributed by atoms with Crippen molar-refractivity contribution in [2.24, 2.45) is 0 Å². The number of nitrogens with zero attached hydrogens (tertiary/aromatic N) is 1. The molecule has 0 atom stereocenters. The first-order valence-corrected chi connectivity index (χ1v) is 8.97. The fraction of sp³-hybridized carbons (Fsp3) is 0.381. The smallest absolute Gasteiger partial charge is 0.251 e. The lowest BCUT2D eigenvalue weighted by molar-refractivity contribution is -0.145. The molecule has 0 bridgehead atoms. The van der Waals surface area contributed by atoms with Crippen LogP contribution in [0.4, 0.5) is 5.69 Å². The minimum atomic E-state index is -0.578. The molecule has 0 saturated carbocycles. The van der Waals surface area contributed by atoms with Crippen molar-refractivity contribution in [1.29, 1.82) is 0 Å². The minimum absolute atomic E-state index is 0.0819. The third kappa shape index (κ3) is 4.84. The summed E-state index contributed by atoms with van der Waals surface area (Å²) in [5.74, 6) is -0.660. The summed E-state index contributed by atoms with van der Waals surface area (Å²) in [4.78, 5) is 14.6. The average molecular weight is 354 g/mol. The first kappa shape index (κ1) is 18.4. The molecule has 138 valence electrons. The molecular weight excluding hydrogens is 328 g/mol. The largest absolute Gasteiger partial charge is 0.370 e. The van der Waals surface area contributed by atoms with Crippen LogP contribution in [0.3, 0.4) is 0 Å². The third-order valence-corrected chi connectivity index (χ3v) is 4.57. The van der Waals surface area contributed by atoms with Crippen molar-refractivity contribution in [1.82, 2.24) is 5.32 Å². The van der Waals surface area contributed by atoms with Crippen LogP contribution in [0.25, 0.3) is 0 Å². The number of ether oxygens (including phenoxy) is 2. The molecular formula is C21H26N2O3. The van der Waals surface area contributed by atoms with Crippen molar-refractivity contribution in [3.63, 3.8) is 0 Å². The molecule has 1 amide bonds. The van der Waals surface area contributed by atoms with Gasteiger partial charge in [0.05, 0.1) is 13.2 Å². The molecule has 5 heteroatoms. The van der Waals surface area contributed by atoms with E-state index in [-0.39, 0.29) is 5.91 Å². The van der Waals surface area contributed by atoms with Crippen molar-refractivity contribution in [3.8, 4) is 0 Å². The van der Waals surface area contributed by atoms with Gasteiger partial charge < -0.3 is 19.7 Å². The van der Waals surface area contributed by atoms with Crippen molar-refractivity contribution in [2.45, 2.75) is 25.7 Å². The zero-order chi connectivity index (χ0) is 18.4. The zero-order valence-corrected chi connectivity index (χ0v) is 15.4. The summed E-state index contributed by atoms with van der Waals surface area (Å²) in [6.45, 7) is 4.43. The summed E-state index contributed by atoms with van der Waals surface area (Å²) in [5, 5.41) is 2.95. The van der Waals surface area contributed by atoms with Crippen molar-refractivity contribution < 1.29 is 14.3 Å². The lowest BCUT2D eigenvalue weighted by Gasteiger charge is -2.22. The van der Waals surface area contributed by atoms with Crippen LogP contribution < -0.4 is 10.2 Å². The van der Waals surface area contributed by atoms with Gasteiger partial charge in [-0.2, -0.15) is 0 Å². The molecule has 0 spiro atoms. The second-order valence-electron chi connectivity index (χ2n) is 6.73. The number of rotatable bonds is 7. The van der Waals surface area contributed by atoms with E-state index >= 15 is 0 Å². The van der Waals surface area contributed by atoms with Gasteiger partial charge in [0.15, 0.2) is 5.79 Å². The van der Waals surface area contributed by atoms with Crippen LogP contribution in [-0.2, 0) is 16.0 Å². The van der Waals surface area contributed by atoms with Crippen LogP contribution >= 0.6 is 0 Å². The molecule has 1 aliphatic heterocycles. The van der Waals surface area contributed by atoms with Gasteiger partial charge in [-0.05, 0) is 30.7 Å². The Hall–Kier alpha value is -2.37. The highest BCUT2D eigenvalue weighted by molar-refractivity contribution is 5.95. The van der Waals surface area contributed by atoms with Gasteiger partial charge in [-0.3, -0.25) is 4.79 Å². The van der Waals surface area contributed by atoms with E-state index in [1.165, 1.54) is 5.56 Å². The summed E-state index contributed by atoms with van der Waals surface area (Å²) in [5.41, 5.74) is 2.89. The molecule has 0 radical (unpaired) electrons. The van der Waals surface area contributed by atoms with Gasteiger partial charge in [0.1, 0.15) is 0 Å². The van der Waals surface area contributed by atoms with Gasteiger partial charge in [-0.25, -0.2) is 0 Å². The average Bonchev–Trinajstić information content (AvgIpc) is 3.09. The number of nitrogens with one attached hydrogen (secondary N) is 1. The SMILES string of the molecule is CN(Cc1ccccc1)c1cccc(C(=O)NCCC2(C)OCCO2)c1. The van der Waals surface area contributed by atoms with Crippen molar-refractivity contribution in [2.75, 3.05) is 31.7 Å². The summed E-state index contributed by atoms with van der Waals surface area (Å²) >= 11 is 0. The van der Waals surface area contributed by atoms with Gasteiger partial charge in [0, 0.05) is 37.8 Å². The van der Waals surface area contributed by atoms with E-state index < -0.39 is 5.79 Å². The van der Waals surface area contributed by atoms with E-state index in [0.29, 0.717) is 31.7 Å². The molecule has 2 aromatic carbocycles. The van der Waals surface area contributed by atoms with E-state index in [9.17, 15) is 4.79 Å². The Morgan fingerprint density at radius 1 is 1.12 bits per heavy atom. The lowest BCUT2D eigenvalue weighted by Crippen LogP contribution is -2.33. The Morgan fingerprint density at radius 2 is 1.85 bits per heavy atom. The Kier molecular flexibility index (Phi) is 5.91. The normalized spacial score (nSPS) is 15.6. The van der Waals surface area contributed by atoms with E-state index in [2.05, 4.69) is 22.3 Å². The molecule has 2 aromatic rings. The lowest BCUT2D eigenvalue weighted by atomic mass is 10.1. The number of hydrogen-bond acceptors (Lipinski definition) is 4. The van der Waals surface area contributed by atoms with Crippen molar-refractivity contribution >= 4 is 11.6 Å². The highest BCUT2D eigenvalue weighted by Crippen LogP contribution is 2.22. The van der Waals surface area contributed by atoms with Crippen LogP contribution in [0.2, 0.25) is 0 Å². The summed E-state index contributed by atoms with van der Waals surface area (Å²) in [6.07, 6.45) is 0.631. The molecule has 1 N–H and O–H groups in total. The second-order valence-corrected chi connectivity index (χ2v) is 6.73. The highest BCUT2D eigenvalue weighted by Gasteiger charge is 2.30. The molecule has 1 heterocycles. The van der Waals surface area contributed by atoms with Gasteiger partial charge in [-0.15, -0.1) is 0 Å². The molecule has 0 aliphatic carbocycles. The summed E-state index contributed by atoms with van der Waals surface area (Å²) in [7, 11) is 2.03. The predicted molar refractivity (Wildman–Crippen MR) is 102 cm³/mol. The first-order valence-electron chi connectivity index (χ1n) is 8.97. The maximum atomic E-state index is 12.4. The monoisotopic (exact) mass is 354 g/mol. The molecule has 3 rings (SSSR count). The Bertz CT molecular complexity index is 727. The Morgan fingerprint density at radius 3 is 2.58 bits per heavy atom. The number of anilines is 1. The predicted octanol–water partition coefficient (Wildman–Crippen LogP) is 3.21. The number of amides is 1. The summed E-state index contributed by atoms with van der Waals surface area (Å²) < 4.78 is 11.1. The maximum absolute atomic E-state index is 12.4. The van der Waals surface area contributed by atoms with Crippen LogP contribution in [-0.4, -0.2) is 38.5 Å². The molecule has 1 fully saturated rings. The zero-order valence-electron chi connectivity index (χ0n) is 15.4. The Balaban J connectivity index is 1.56. The van der Waals surface area contributed by atoms with Crippen LogP contribution in [0.1, 0.15) is 29.3 Å². The molecule has 1 saturated heterocycles. The van der Waals surface area contributed by atoms with E-state index in [1.807, 2.05) is 56.4 Å². The standard InChI is InChI=1S/C21H26N2O3/c1-21(25-13-14-26-21)11-12-22-20(24)18-9-6-10-19(15-18)23(2)16-17-7-4-3-5-8-17/h3-10,15H,11-14,16H2,1-2H3,(H,22,24). The molecule has 0 aromatic heterocycles. The van der Waals surface area contributed by atoms with E-state index in [4.69, 9.17) is 9.47 Å². The van der Waals surface area contributed by atoms with Crippen molar-refractivity contribution in [3.05, 3.63) is 65.7 Å². The number of carbonyl (C=O) groups excluding carboxylic acids is 1. The van der Waals surface area contributed by atoms with Gasteiger partial charge in [-0.1, -0.05) is 36.4 Å². The molecule has 0 unspecified atom stereocenters. The number of benzene rings is 2. The van der Waals surface area contributed by atoms with Gasteiger partial charge in [0.25, 0.3) is 5.91 Å². The Labute approximate surface area is 154 Å². The highest BCUT2D eigenvalue weighted by atomic mass is 16.7. The third-order valence-electron chi connectivity index (χ3n) is 4.57. The number of carbonyl (C=O) groups is 1. The van der Waals surface area contributed by atoms with Crippen LogP contribution in [0, 0.1) is 0 Å². The van der Waals surface area contributed by atoms with Crippen LogP contribution in [0.15, 0.2) is 54.6 Å². The maximum Gasteiger partial charge on any atom is 0.251 e. The topological polar surface area (TPSA) is 50.8 Å². The fourth-order valence-electron chi connectivity index (χ4n) is 3.04.